The first-order valence-electron chi connectivity index (χ1n) is 7.04. The maximum atomic E-state index is 4.67. The summed E-state index contributed by atoms with van der Waals surface area (Å²) in [4.78, 5) is 7.18. The Balaban J connectivity index is 0.00000289. The summed E-state index contributed by atoms with van der Waals surface area (Å²) < 4.78 is 0. The zero-order valence-electron chi connectivity index (χ0n) is 12.0. The van der Waals surface area contributed by atoms with Crippen LogP contribution in [0, 0.1) is 5.92 Å². The number of nitrogens with one attached hydrogen (secondary N) is 2. The molecule has 0 saturated carbocycles. The van der Waals surface area contributed by atoms with Crippen molar-refractivity contribution in [2.45, 2.75) is 33.6 Å². The first-order chi connectivity index (χ1) is 8.30. The lowest BCUT2D eigenvalue weighted by molar-refractivity contribution is 0.343. The van der Waals surface area contributed by atoms with Crippen LogP contribution in [0.1, 0.15) is 33.6 Å². The molecular weight excluding hydrogens is 339 g/mol. The molecule has 5 heteroatoms. The Labute approximate surface area is 129 Å². The third-order valence-corrected chi connectivity index (χ3v) is 3.21. The van der Waals surface area contributed by atoms with Crippen molar-refractivity contribution < 1.29 is 0 Å². The summed E-state index contributed by atoms with van der Waals surface area (Å²) in [6.07, 6.45) is 2.43. The van der Waals surface area contributed by atoms with Crippen LogP contribution >= 0.6 is 24.0 Å². The molecule has 0 bridgehead atoms. The van der Waals surface area contributed by atoms with E-state index < -0.39 is 0 Å². The molecule has 18 heavy (non-hydrogen) atoms. The molecule has 0 aromatic carbocycles. The van der Waals surface area contributed by atoms with Gasteiger partial charge in [-0.15, -0.1) is 24.0 Å². The number of halogens is 1. The van der Waals surface area contributed by atoms with Gasteiger partial charge in [0.15, 0.2) is 5.96 Å². The van der Waals surface area contributed by atoms with Crippen LogP contribution in [0.2, 0.25) is 0 Å². The van der Waals surface area contributed by atoms with Gasteiger partial charge in [-0.05, 0) is 38.8 Å². The van der Waals surface area contributed by atoms with Crippen molar-refractivity contribution >= 4 is 29.9 Å². The molecule has 2 N–H and O–H groups in total. The van der Waals surface area contributed by atoms with Gasteiger partial charge in [0, 0.05) is 26.2 Å². The topological polar surface area (TPSA) is 39.7 Å². The minimum Gasteiger partial charge on any atom is -0.357 e. The second-order valence-electron chi connectivity index (χ2n) is 4.69. The molecule has 0 aromatic heterocycles. The minimum atomic E-state index is 0. The molecule has 1 atom stereocenters. The van der Waals surface area contributed by atoms with Crippen LogP contribution in [-0.2, 0) is 0 Å². The van der Waals surface area contributed by atoms with E-state index in [1.54, 1.807) is 0 Å². The molecule has 1 aliphatic heterocycles. The zero-order chi connectivity index (χ0) is 12.5. The van der Waals surface area contributed by atoms with Crippen LogP contribution in [0.15, 0.2) is 4.99 Å². The van der Waals surface area contributed by atoms with Crippen molar-refractivity contribution in [1.82, 2.24) is 15.5 Å². The molecule has 0 radical (unpaired) electrons. The lowest BCUT2D eigenvalue weighted by Crippen LogP contribution is -2.38. The first-order valence-corrected chi connectivity index (χ1v) is 7.04. The Hall–Kier alpha value is -0.0400. The van der Waals surface area contributed by atoms with Gasteiger partial charge < -0.3 is 15.5 Å². The van der Waals surface area contributed by atoms with Crippen LogP contribution in [0.3, 0.4) is 0 Å². The summed E-state index contributed by atoms with van der Waals surface area (Å²) in [7, 11) is 0. The third-order valence-electron chi connectivity index (χ3n) is 3.21. The Morgan fingerprint density at radius 2 is 2.06 bits per heavy atom. The Morgan fingerprint density at radius 3 is 2.61 bits per heavy atom. The maximum absolute atomic E-state index is 4.67. The number of hydrogen-bond acceptors (Lipinski definition) is 2. The molecule has 4 nitrogen and oxygen atoms in total. The average Bonchev–Trinajstić information content (AvgIpc) is 2.80. The van der Waals surface area contributed by atoms with Crippen molar-refractivity contribution in [3.8, 4) is 0 Å². The molecular formula is C13H29IN4. The highest BCUT2D eigenvalue weighted by atomic mass is 127. The van der Waals surface area contributed by atoms with E-state index in [1.807, 2.05) is 0 Å². The van der Waals surface area contributed by atoms with Gasteiger partial charge in [0.1, 0.15) is 0 Å². The molecule has 1 fully saturated rings. The molecule has 1 heterocycles. The number of aliphatic imine (C=N–C) groups is 1. The van der Waals surface area contributed by atoms with Crippen molar-refractivity contribution in [1.29, 1.82) is 0 Å². The molecule has 0 spiro atoms. The van der Waals surface area contributed by atoms with E-state index in [-0.39, 0.29) is 24.0 Å². The van der Waals surface area contributed by atoms with E-state index in [4.69, 9.17) is 0 Å². The summed E-state index contributed by atoms with van der Waals surface area (Å²) in [6.45, 7) is 13.0. The highest BCUT2D eigenvalue weighted by Gasteiger charge is 2.20. The van der Waals surface area contributed by atoms with E-state index >= 15 is 0 Å². The van der Waals surface area contributed by atoms with Crippen molar-refractivity contribution in [2.75, 3.05) is 39.3 Å². The van der Waals surface area contributed by atoms with Crippen molar-refractivity contribution in [3.05, 3.63) is 0 Å². The van der Waals surface area contributed by atoms with E-state index in [0.717, 1.165) is 37.9 Å². The quantitative estimate of drug-likeness (QED) is 0.428. The number of nitrogens with zero attached hydrogens (tertiary/aromatic N) is 2. The maximum Gasteiger partial charge on any atom is 0.191 e. The normalized spacial score (nSPS) is 20.6. The highest BCUT2D eigenvalue weighted by Crippen LogP contribution is 2.15. The fourth-order valence-corrected chi connectivity index (χ4v) is 2.15. The van der Waals surface area contributed by atoms with Gasteiger partial charge in [-0.1, -0.05) is 13.8 Å². The molecule has 0 amide bonds. The van der Waals surface area contributed by atoms with Crippen LogP contribution in [-0.4, -0.2) is 50.1 Å². The van der Waals surface area contributed by atoms with E-state index in [9.17, 15) is 0 Å². The standard InChI is InChI=1S/C13H28N4.HI/c1-4-8-15-13(14-5-2)16-10-12-7-9-17(6-3)11-12;/h12H,4-11H2,1-3H3,(H2,14,15,16);1H. The molecule has 1 saturated heterocycles. The number of rotatable bonds is 6. The van der Waals surface area contributed by atoms with Crippen molar-refractivity contribution in [2.24, 2.45) is 10.9 Å². The zero-order valence-corrected chi connectivity index (χ0v) is 14.4. The van der Waals surface area contributed by atoms with Crippen molar-refractivity contribution in [3.63, 3.8) is 0 Å². The fourth-order valence-electron chi connectivity index (χ4n) is 2.15. The highest BCUT2D eigenvalue weighted by molar-refractivity contribution is 14.0. The summed E-state index contributed by atoms with van der Waals surface area (Å²) in [5.41, 5.74) is 0. The lowest BCUT2D eigenvalue weighted by atomic mass is 10.1. The summed E-state index contributed by atoms with van der Waals surface area (Å²) >= 11 is 0. The van der Waals surface area contributed by atoms with Gasteiger partial charge in [0.2, 0.25) is 0 Å². The van der Waals surface area contributed by atoms with E-state index in [1.165, 1.54) is 26.1 Å². The number of guanidine groups is 1. The lowest BCUT2D eigenvalue weighted by Gasteiger charge is -2.13. The second kappa shape index (κ2) is 10.8. The minimum absolute atomic E-state index is 0. The smallest absolute Gasteiger partial charge is 0.191 e. The molecule has 108 valence electrons. The molecule has 0 aromatic rings. The van der Waals surface area contributed by atoms with Crippen LogP contribution in [0.4, 0.5) is 0 Å². The summed E-state index contributed by atoms with van der Waals surface area (Å²) in [6, 6.07) is 0. The van der Waals surface area contributed by atoms with Crippen LogP contribution in [0.5, 0.6) is 0 Å². The predicted molar refractivity (Wildman–Crippen MR) is 89.9 cm³/mol. The molecule has 1 unspecified atom stereocenters. The van der Waals surface area contributed by atoms with Gasteiger partial charge in [0.25, 0.3) is 0 Å². The largest absolute Gasteiger partial charge is 0.357 e. The predicted octanol–water partition coefficient (Wildman–Crippen LogP) is 1.91. The van der Waals surface area contributed by atoms with Gasteiger partial charge in [-0.2, -0.15) is 0 Å². The molecule has 1 aliphatic rings. The van der Waals surface area contributed by atoms with Gasteiger partial charge in [0.05, 0.1) is 0 Å². The van der Waals surface area contributed by atoms with Gasteiger partial charge >= 0.3 is 0 Å². The summed E-state index contributed by atoms with van der Waals surface area (Å²) in [5, 5.41) is 6.64. The van der Waals surface area contributed by atoms with Crippen LogP contribution < -0.4 is 10.6 Å². The Bertz CT molecular complexity index is 233. The molecule has 1 rings (SSSR count). The monoisotopic (exact) mass is 368 g/mol. The number of hydrogen-bond donors (Lipinski definition) is 2. The third kappa shape index (κ3) is 6.78. The van der Waals surface area contributed by atoms with Crippen LogP contribution in [0.25, 0.3) is 0 Å². The molecule has 0 aliphatic carbocycles. The van der Waals surface area contributed by atoms with E-state index in [0.29, 0.717) is 0 Å². The Morgan fingerprint density at radius 1 is 1.28 bits per heavy atom. The Kier molecular flexibility index (Phi) is 10.8. The van der Waals surface area contributed by atoms with E-state index in [2.05, 4.69) is 41.3 Å². The number of likely N-dealkylation sites (tertiary alicyclic amines) is 1. The fraction of sp³-hybridized carbons (Fsp3) is 0.923. The average molecular weight is 368 g/mol. The van der Waals surface area contributed by atoms with Gasteiger partial charge in [-0.25, -0.2) is 0 Å². The SMILES string of the molecule is CCCNC(=NCC1CCN(CC)C1)NCC.I. The summed E-state index contributed by atoms with van der Waals surface area (Å²) in [5.74, 6) is 1.72. The second-order valence-corrected chi connectivity index (χ2v) is 4.69. The first kappa shape index (κ1) is 18.0. The van der Waals surface area contributed by atoms with Gasteiger partial charge in [-0.3, -0.25) is 4.99 Å².